The van der Waals surface area contributed by atoms with E-state index in [2.05, 4.69) is 15.3 Å². The van der Waals surface area contributed by atoms with E-state index in [1.54, 1.807) is 6.20 Å². The van der Waals surface area contributed by atoms with Gasteiger partial charge in [0.2, 0.25) is 0 Å². The van der Waals surface area contributed by atoms with Gasteiger partial charge in [0, 0.05) is 18.0 Å². The molecule has 1 aromatic carbocycles. The van der Waals surface area contributed by atoms with Crippen LogP contribution in [0.3, 0.4) is 0 Å². The third-order valence-corrected chi connectivity index (χ3v) is 2.44. The highest BCUT2D eigenvalue weighted by Crippen LogP contribution is 2.17. The number of aryl methyl sites for hydroxylation is 1. The zero-order valence-corrected chi connectivity index (χ0v) is 10.6. The minimum absolute atomic E-state index is 0.0502. The first kappa shape index (κ1) is 12.8. The molecule has 0 bridgehead atoms. The van der Waals surface area contributed by atoms with Crippen LogP contribution in [0.1, 0.15) is 11.5 Å². The lowest BCUT2D eigenvalue weighted by molar-refractivity contribution is 0.368. The first-order valence-corrected chi connectivity index (χ1v) is 5.90. The van der Waals surface area contributed by atoms with E-state index >= 15 is 0 Å². The van der Waals surface area contributed by atoms with E-state index in [-0.39, 0.29) is 6.61 Å². The molecule has 0 atom stereocenters. The van der Waals surface area contributed by atoms with Crippen LogP contribution in [0, 0.1) is 18.3 Å². The predicted molar refractivity (Wildman–Crippen MR) is 71.6 cm³/mol. The van der Waals surface area contributed by atoms with Gasteiger partial charge in [-0.1, -0.05) is 6.07 Å². The van der Waals surface area contributed by atoms with Gasteiger partial charge in [-0.05, 0) is 25.1 Å². The number of anilines is 1. The quantitative estimate of drug-likeness (QED) is 0.886. The Morgan fingerprint density at radius 2 is 2.26 bits per heavy atom. The monoisotopic (exact) mass is 254 g/mol. The van der Waals surface area contributed by atoms with Gasteiger partial charge < -0.3 is 10.1 Å². The van der Waals surface area contributed by atoms with E-state index < -0.39 is 0 Å². The van der Waals surface area contributed by atoms with Crippen LogP contribution in [-0.4, -0.2) is 16.6 Å². The van der Waals surface area contributed by atoms with Gasteiger partial charge in [-0.2, -0.15) is 5.26 Å². The van der Waals surface area contributed by atoms with Gasteiger partial charge in [0.1, 0.15) is 17.6 Å². The maximum Gasteiger partial charge on any atom is 0.174 e. The molecule has 0 saturated heterocycles. The van der Waals surface area contributed by atoms with Crippen LogP contribution >= 0.6 is 0 Å². The molecule has 1 aromatic heterocycles. The molecule has 1 heterocycles. The first-order valence-electron chi connectivity index (χ1n) is 5.90. The normalized spacial score (nSPS) is 9.68. The van der Waals surface area contributed by atoms with Crippen LogP contribution in [0.25, 0.3) is 0 Å². The largest absolute Gasteiger partial charge is 0.479 e. The van der Waals surface area contributed by atoms with Crippen molar-refractivity contribution in [2.24, 2.45) is 0 Å². The molecule has 1 N–H and O–H groups in total. The molecule has 5 heteroatoms. The highest BCUT2D eigenvalue weighted by molar-refractivity contribution is 5.48. The van der Waals surface area contributed by atoms with Crippen molar-refractivity contribution in [1.82, 2.24) is 9.97 Å². The minimum Gasteiger partial charge on any atom is -0.479 e. The van der Waals surface area contributed by atoms with Crippen molar-refractivity contribution in [2.45, 2.75) is 13.5 Å². The van der Waals surface area contributed by atoms with E-state index in [1.807, 2.05) is 43.3 Å². The maximum absolute atomic E-state index is 8.47. The van der Waals surface area contributed by atoms with Gasteiger partial charge >= 0.3 is 0 Å². The Labute approximate surface area is 111 Å². The van der Waals surface area contributed by atoms with Crippen LogP contribution in [0.2, 0.25) is 0 Å². The fraction of sp³-hybridized carbons (Fsp3) is 0.214. The van der Waals surface area contributed by atoms with Crippen molar-refractivity contribution in [1.29, 1.82) is 5.26 Å². The minimum atomic E-state index is 0.0502. The molecule has 0 aliphatic heterocycles. The van der Waals surface area contributed by atoms with Crippen LogP contribution in [-0.2, 0) is 6.54 Å². The second kappa shape index (κ2) is 6.36. The molecule has 2 rings (SSSR count). The molecule has 2 aromatic rings. The first-order chi connectivity index (χ1) is 9.28. The molecule has 0 saturated carbocycles. The number of rotatable bonds is 5. The average Bonchev–Trinajstić information content (AvgIpc) is 2.43. The Balaban J connectivity index is 1.98. The summed E-state index contributed by atoms with van der Waals surface area (Å²) < 4.78 is 5.24. The number of aromatic nitrogens is 2. The molecule has 19 heavy (non-hydrogen) atoms. The lowest BCUT2D eigenvalue weighted by Gasteiger charge is -2.08. The summed E-state index contributed by atoms with van der Waals surface area (Å²) in [7, 11) is 0. The second-order valence-electron chi connectivity index (χ2n) is 3.92. The lowest BCUT2D eigenvalue weighted by atomic mass is 10.3. The summed E-state index contributed by atoms with van der Waals surface area (Å²) in [5, 5.41) is 11.7. The number of nitriles is 1. The van der Waals surface area contributed by atoms with Crippen molar-refractivity contribution < 1.29 is 4.74 Å². The van der Waals surface area contributed by atoms with E-state index in [9.17, 15) is 0 Å². The topological polar surface area (TPSA) is 70.8 Å². The van der Waals surface area contributed by atoms with Crippen molar-refractivity contribution in [3.63, 3.8) is 0 Å². The highest BCUT2D eigenvalue weighted by Gasteiger charge is 1.99. The Hall–Kier alpha value is -2.61. The molecule has 5 nitrogen and oxygen atoms in total. The zero-order chi connectivity index (χ0) is 13.5. The third kappa shape index (κ3) is 3.96. The molecular weight excluding hydrogens is 240 g/mol. The maximum atomic E-state index is 8.47. The van der Waals surface area contributed by atoms with Crippen molar-refractivity contribution >= 4 is 5.69 Å². The molecule has 0 fully saturated rings. The third-order valence-electron chi connectivity index (χ3n) is 2.44. The molecule has 0 unspecified atom stereocenters. The fourth-order valence-corrected chi connectivity index (χ4v) is 1.61. The Morgan fingerprint density at radius 1 is 1.37 bits per heavy atom. The number of benzene rings is 1. The zero-order valence-electron chi connectivity index (χ0n) is 10.6. The Bertz CT molecular complexity index is 592. The van der Waals surface area contributed by atoms with E-state index in [0.29, 0.717) is 12.3 Å². The smallest absolute Gasteiger partial charge is 0.174 e. The van der Waals surface area contributed by atoms with Crippen molar-refractivity contribution in [3.8, 4) is 11.8 Å². The van der Waals surface area contributed by atoms with E-state index in [0.717, 1.165) is 17.2 Å². The molecule has 0 radical (unpaired) electrons. The molecule has 0 amide bonds. The summed E-state index contributed by atoms with van der Waals surface area (Å²) in [5.74, 6) is 1.43. The van der Waals surface area contributed by atoms with Crippen molar-refractivity contribution in [3.05, 3.63) is 48.0 Å². The Morgan fingerprint density at radius 3 is 3.05 bits per heavy atom. The SMILES string of the molecule is Cc1nccc(CNc2cccc(OCC#N)c2)n1. The molecule has 0 spiro atoms. The number of hydrogen-bond donors (Lipinski definition) is 1. The summed E-state index contributed by atoms with van der Waals surface area (Å²) in [6.07, 6.45) is 1.74. The molecule has 0 aliphatic rings. The summed E-state index contributed by atoms with van der Waals surface area (Å²) in [6, 6.07) is 11.3. The summed E-state index contributed by atoms with van der Waals surface area (Å²) in [5.41, 5.74) is 1.85. The second-order valence-corrected chi connectivity index (χ2v) is 3.92. The molecule has 96 valence electrons. The highest BCUT2D eigenvalue weighted by atomic mass is 16.5. The molecule has 0 aliphatic carbocycles. The fourth-order valence-electron chi connectivity index (χ4n) is 1.61. The van der Waals surface area contributed by atoms with E-state index in [1.165, 1.54) is 0 Å². The van der Waals surface area contributed by atoms with Crippen molar-refractivity contribution in [2.75, 3.05) is 11.9 Å². The number of ether oxygens (including phenoxy) is 1. The molecular formula is C14H14N4O. The van der Waals surface area contributed by atoms with Gasteiger partial charge in [-0.15, -0.1) is 0 Å². The van der Waals surface area contributed by atoms with Gasteiger partial charge in [-0.3, -0.25) is 0 Å². The average molecular weight is 254 g/mol. The number of nitrogens with one attached hydrogen (secondary N) is 1. The van der Waals surface area contributed by atoms with Crippen LogP contribution in [0.4, 0.5) is 5.69 Å². The van der Waals surface area contributed by atoms with Crippen LogP contribution in [0.5, 0.6) is 5.75 Å². The summed E-state index contributed by atoms with van der Waals surface area (Å²) in [4.78, 5) is 8.37. The standard InChI is InChI=1S/C14H14N4O/c1-11-16-7-5-13(18-11)10-17-12-3-2-4-14(9-12)19-8-6-15/h2-5,7,9,17H,8,10H2,1H3. The summed E-state index contributed by atoms with van der Waals surface area (Å²) >= 11 is 0. The number of hydrogen-bond acceptors (Lipinski definition) is 5. The summed E-state index contributed by atoms with van der Waals surface area (Å²) in [6.45, 7) is 2.53. The van der Waals surface area contributed by atoms with Gasteiger partial charge in [-0.25, -0.2) is 9.97 Å². The lowest BCUT2D eigenvalue weighted by Crippen LogP contribution is -2.03. The van der Waals surface area contributed by atoms with Gasteiger partial charge in [0.25, 0.3) is 0 Å². The van der Waals surface area contributed by atoms with Crippen LogP contribution in [0.15, 0.2) is 36.5 Å². The number of nitrogens with zero attached hydrogens (tertiary/aromatic N) is 3. The Kier molecular flexibility index (Phi) is 4.29. The van der Waals surface area contributed by atoms with Crippen LogP contribution < -0.4 is 10.1 Å². The predicted octanol–water partition coefficient (Wildman–Crippen LogP) is 2.30. The van der Waals surface area contributed by atoms with E-state index in [4.69, 9.17) is 10.00 Å². The van der Waals surface area contributed by atoms with Gasteiger partial charge in [0.15, 0.2) is 6.61 Å². The van der Waals surface area contributed by atoms with Gasteiger partial charge in [0.05, 0.1) is 12.2 Å².